The van der Waals surface area contributed by atoms with Gasteiger partial charge < -0.3 is 14.8 Å². The fourth-order valence-corrected chi connectivity index (χ4v) is 2.36. The van der Waals surface area contributed by atoms with Gasteiger partial charge in [-0.05, 0) is 31.0 Å². The molecule has 0 aromatic heterocycles. The molecule has 0 spiro atoms. The van der Waals surface area contributed by atoms with Gasteiger partial charge in [0.1, 0.15) is 13.2 Å². The lowest BCUT2D eigenvalue weighted by molar-refractivity contribution is -0.116. The molecule has 0 radical (unpaired) electrons. The highest BCUT2D eigenvalue weighted by Gasteiger charge is 2.12. The van der Waals surface area contributed by atoms with Gasteiger partial charge in [-0.1, -0.05) is 29.8 Å². The van der Waals surface area contributed by atoms with E-state index in [0.29, 0.717) is 25.4 Å². The summed E-state index contributed by atoms with van der Waals surface area (Å²) in [7, 11) is 0. The van der Waals surface area contributed by atoms with E-state index >= 15 is 0 Å². The van der Waals surface area contributed by atoms with Crippen LogP contribution in [0, 0.1) is 6.92 Å². The molecule has 114 valence electrons. The molecule has 1 N–H and O–H groups in total. The molecule has 1 heterocycles. The molecule has 22 heavy (non-hydrogen) atoms. The van der Waals surface area contributed by atoms with E-state index in [-0.39, 0.29) is 5.91 Å². The predicted octanol–water partition coefficient (Wildman–Crippen LogP) is 3.34. The van der Waals surface area contributed by atoms with Gasteiger partial charge in [-0.2, -0.15) is 0 Å². The van der Waals surface area contributed by atoms with Crippen LogP contribution in [0.3, 0.4) is 0 Å². The smallest absolute Gasteiger partial charge is 0.224 e. The Labute approximate surface area is 130 Å². The molecular formula is C18H19NO3. The summed E-state index contributed by atoms with van der Waals surface area (Å²) in [6.45, 7) is 3.16. The topological polar surface area (TPSA) is 47.6 Å². The maximum Gasteiger partial charge on any atom is 0.224 e. The first-order chi connectivity index (χ1) is 10.7. The number of carbonyl (C=O) groups excluding carboxylic acids is 1. The molecule has 1 amide bonds. The zero-order chi connectivity index (χ0) is 15.4. The SMILES string of the molecule is Cc1ccc(CCC(=O)Nc2ccc3c(c2)OCCO3)cc1. The summed E-state index contributed by atoms with van der Waals surface area (Å²) in [4.78, 5) is 12.0. The number of nitrogens with one attached hydrogen (secondary N) is 1. The Hall–Kier alpha value is -2.49. The summed E-state index contributed by atoms with van der Waals surface area (Å²) in [5.41, 5.74) is 3.13. The number of benzene rings is 2. The van der Waals surface area contributed by atoms with Crippen LogP contribution in [0.2, 0.25) is 0 Å². The predicted molar refractivity (Wildman–Crippen MR) is 85.6 cm³/mol. The molecule has 2 aromatic carbocycles. The van der Waals surface area contributed by atoms with E-state index in [0.717, 1.165) is 17.9 Å². The molecule has 0 fully saturated rings. The fourth-order valence-electron chi connectivity index (χ4n) is 2.36. The first-order valence-electron chi connectivity index (χ1n) is 7.46. The molecule has 0 saturated heterocycles. The molecule has 0 unspecified atom stereocenters. The number of aryl methyl sites for hydroxylation is 2. The molecule has 0 atom stereocenters. The molecule has 2 aromatic rings. The molecule has 1 aliphatic heterocycles. The monoisotopic (exact) mass is 297 g/mol. The van der Waals surface area contributed by atoms with Crippen LogP contribution in [0.5, 0.6) is 11.5 Å². The number of ether oxygens (including phenoxy) is 2. The van der Waals surface area contributed by atoms with Crippen LogP contribution >= 0.6 is 0 Å². The molecule has 4 heteroatoms. The van der Waals surface area contributed by atoms with Crippen LogP contribution in [0.4, 0.5) is 5.69 Å². The summed E-state index contributed by atoms with van der Waals surface area (Å²) in [6, 6.07) is 13.7. The van der Waals surface area contributed by atoms with Crippen molar-refractivity contribution in [1.82, 2.24) is 0 Å². The highest BCUT2D eigenvalue weighted by atomic mass is 16.6. The number of rotatable bonds is 4. The molecule has 3 rings (SSSR count). The minimum absolute atomic E-state index is 0.00254. The summed E-state index contributed by atoms with van der Waals surface area (Å²) in [6.07, 6.45) is 1.19. The van der Waals surface area contributed by atoms with Gasteiger partial charge in [0.15, 0.2) is 11.5 Å². The van der Waals surface area contributed by atoms with Crippen LogP contribution in [-0.4, -0.2) is 19.1 Å². The second-order valence-electron chi connectivity index (χ2n) is 5.39. The van der Waals surface area contributed by atoms with E-state index in [1.807, 2.05) is 12.1 Å². The molecule has 0 bridgehead atoms. The van der Waals surface area contributed by atoms with Gasteiger partial charge in [0.05, 0.1) is 0 Å². The Balaban J connectivity index is 1.56. The van der Waals surface area contributed by atoms with Crippen molar-refractivity contribution in [3.63, 3.8) is 0 Å². The number of fused-ring (bicyclic) bond motifs is 1. The largest absolute Gasteiger partial charge is 0.486 e. The Morgan fingerprint density at radius 2 is 1.77 bits per heavy atom. The van der Waals surface area contributed by atoms with Crippen LogP contribution in [0.1, 0.15) is 17.5 Å². The Bertz CT molecular complexity index is 665. The first-order valence-corrected chi connectivity index (χ1v) is 7.46. The van der Waals surface area contributed by atoms with E-state index in [1.54, 1.807) is 6.07 Å². The minimum atomic E-state index is -0.00254. The number of amides is 1. The minimum Gasteiger partial charge on any atom is -0.486 e. The maximum absolute atomic E-state index is 12.0. The molecular weight excluding hydrogens is 278 g/mol. The number of hydrogen-bond acceptors (Lipinski definition) is 3. The van der Waals surface area contributed by atoms with Gasteiger partial charge in [0, 0.05) is 18.2 Å². The maximum atomic E-state index is 12.0. The van der Waals surface area contributed by atoms with Crippen molar-refractivity contribution < 1.29 is 14.3 Å². The van der Waals surface area contributed by atoms with E-state index < -0.39 is 0 Å². The highest BCUT2D eigenvalue weighted by Crippen LogP contribution is 2.32. The van der Waals surface area contributed by atoms with Crippen molar-refractivity contribution in [2.75, 3.05) is 18.5 Å². The Kier molecular flexibility index (Phi) is 4.28. The van der Waals surface area contributed by atoms with Gasteiger partial charge in [0.2, 0.25) is 5.91 Å². The van der Waals surface area contributed by atoms with Gasteiger partial charge >= 0.3 is 0 Å². The van der Waals surface area contributed by atoms with Crippen molar-refractivity contribution in [3.05, 3.63) is 53.6 Å². The number of carbonyl (C=O) groups is 1. The van der Waals surface area contributed by atoms with E-state index in [9.17, 15) is 4.79 Å². The molecule has 1 aliphatic rings. The molecule has 0 saturated carbocycles. The number of anilines is 1. The molecule has 4 nitrogen and oxygen atoms in total. The van der Waals surface area contributed by atoms with E-state index in [2.05, 4.69) is 36.5 Å². The fraction of sp³-hybridized carbons (Fsp3) is 0.278. The third-order valence-corrected chi connectivity index (χ3v) is 3.59. The first kappa shape index (κ1) is 14.4. The van der Waals surface area contributed by atoms with Crippen LogP contribution in [0.15, 0.2) is 42.5 Å². The third-order valence-electron chi connectivity index (χ3n) is 3.59. The van der Waals surface area contributed by atoms with Crippen molar-refractivity contribution >= 4 is 11.6 Å². The summed E-state index contributed by atoms with van der Waals surface area (Å²) < 4.78 is 11.0. The Morgan fingerprint density at radius 3 is 2.55 bits per heavy atom. The van der Waals surface area contributed by atoms with Crippen molar-refractivity contribution in [1.29, 1.82) is 0 Å². The zero-order valence-corrected chi connectivity index (χ0v) is 12.6. The summed E-state index contributed by atoms with van der Waals surface area (Å²) in [5.74, 6) is 1.41. The standard InChI is InChI=1S/C18H19NO3/c1-13-2-4-14(5-3-13)6-9-18(20)19-15-7-8-16-17(12-15)22-11-10-21-16/h2-5,7-8,12H,6,9-11H2,1H3,(H,19,20). The van der Waals surface area contributed by atoms with Crippen molar-refractivity contribution in [2.24, 2.45) is 0 Å². The van der Waals surface area contributed by atoms with Crippen LogP contribution in [0.25, 0.3) is 0 Å². The lowest BCUT2D eigenvalue weighted by Crippen LogP contribution is -2.16. The quantitative estimate of drug-likeness (QED) is 0.941. The van der Waals surface area contributed by atoms with Crippen LogP contribution < -0.4 is 14.8 Å². The van der Waals surface area contributed by atoms with E-state index in [4.69, 9.17) is 9.47 Å². The normalized spacial score (nSPS) is 12.8. The Morgan fingerprint density at radius 1 is 1.05 bits per heavy atom. The summed E-state index contributed by atoms with van der Waals surface area (Å²) in [5, 5.41) is 2.90. The van der Waals surface area contributed by atoms with E-state index in [1.165, 1.54) is 11.1 Å². The lowest BCUT2D eigenvalue weighted by atomic mass is 10.1. The summed E-state index contributed by atoms with van der Waals surface area (Å²) >= 11 is 0. The number of hydrogen-bond donors (Lipinski definition) is 1. The van der Waals surface area contributed by atoms with Gasteiger partial charge in [-0.15, -0.1) is 0 Å². The average molecular weight is 297 g/mol. The lowest BCUT2D eigenvalue weighted by Gasteiger charge is -2.19. The average Bonchev–Trinajstić information content (AvgIpc) is 2.54. The van der Waals surface area contributed by atoms with Crippen molar-refractivity contribution in [2.45, 2.75) is 19.8 Å². The second-order valence-corrected chi connectivity index (χ2v) is 5.39. The highest BCUT2D eigenvalue weighted by molar-refractivity contribution is 5.91. The van der Waals surface area contributed by atoms with Gasteiger partial charge in [-0.25, -0.2) is 0 Å². The van der Waals surface area contributed by atoms with Crippen molar-refractivity contribution in [3.8, 4) is 11.5 Å². The third kappa shape index (κ3) is 3.58. The zero-order valence-electron chi connectivity index (χ0n) is 12.6. The molecule has 0 aliphatic carbocycles. The van der Waals surface area contributed by atoms with Gasteiger partial charge in [-0.3, -0.25) is 4.79 Å². The van der Waals surface area contributed by atoms with Gasteiger partial charge in [0.25, 0.3) is 0 Å². The second kappa shape index (κ2) is 6.52. The van der Waals surface area contributed by atoms with Crippen LogP contribution in [-0.2, 0) is 11.2 Å².